The van der Waals surface area contributed by atoms with Crippen LogP contribution >= 0.6 is 11.6 Å². The van der Waals surface area contributed by atoms with Crippen molar-refractivity contribution in [3.05, 3.63) is 39.9 Å². The van der Waals surface area contributed by atoms with Gasteiger partial charge in [0.1, 0.15) is 0 Å². The molecule has 96 valence electrons. The zero-order chi connectivity index (χ0) is 13.3. The molecule has 0 aliphatic heterocycles. The van der Waals surface area contributed by atoms with Crippen LogP contribution in [0.25, 0.3) is 5.69 Å². The molecule has 0 fully saturated rings. The van der Waals surface area contributed by atoms with Gasteiger partial charge in [-0.15, -0.1) is 0 Å². The highest BCUT2D eigenvalue weighted by Gasteiger charge is 2.13. The minimum atomic E-state index is 0.722. The van der Waals surface area contributed by atoms with Crippen LogP contribution in [0.5, 0.6) is 0 Å². The second-order valence-corrected chi connectivity index (χ2v) is 4.76. The molecule has 0 aromatic carbocycles. The van der Waals surface area contributed by atoms with Gasteiger partial charge < -0.3 is 5.32 Å². The number of hydrogen-bond acceptors (Lipinski definition) is 3. The molecule has 0 spiro atoms. The molecule has 1 N–H and O–H groups in total. The predicted molar refractivity (Wildman–Crippen MR) is 73.3 cm³/mol. The zero-order valence-electron chi connectivity index (χ0n) is 11.1. The van der Waals surface area contributed by atoms with Crippen LogP contribution in [0.15, 0.2) is 12.3 Å². The number of aromatic nitrogens is 3. The van der Waals surface area contributed by atoms with Crippen LogP contribution in [0.4, 0.5) is 0 Å². The molecule has 0 saturated heterocycles. The third-order valence-corrected chi connectivity index (χ3v) is 3.44. The van der Waals surface area contributed by atoms with E-state index >= 15 is 0 Å². The summed E-state index contributed by atoms with van der Waals surface area (Å²) in [7, 11) is 1.91. The first kappa shape index (κ1) is 13.1. The Kier molecular flexibility index (Phi) is 3.68. The number of halogens is 1. The molecule has 0 radical (unpaired) electrons. The normalized spacial score (nSPS) is 10.9. The molecular formula is C13H17ClN4. The van der Waals surface area contributed by atoms with E-state index in [1.165, 1.54) is 0 Å². The maximum atomic E-state index is 6.20. The topological polar surface area (TPSA) is 42.7 Å². The Hall–Kier alpha value is -1.39. The van der Waals surface area contributed by atoms with Gasteiger partial charge in [0.05, 0.1) is 22.1 Å². The van der Waals surface area contributed by atoms with Crippen molar-refractivity contribution in [3.63, 3.8) is 0 Å². The Labute approximate surface area is 112 Å². The van der Waals surface area contributed by atoms with E-state index < -0.39 is 0 Å². The maximum absolute atomic E-state index is 6.20. The molecule has 18 heavy (non-hydrogen) atoms. The number of nitrogens with one attached hydrogen (secondary N) is 1. The molecule has 5 heteroatoms. The van der Waals surface area contributed by atoms with Gasteiger partial charge in [0.25, 0.3) is 0 Å². The zero-order valence-corrected chi connectivity index (χ0v) is 11.8. The van der Waals surface area contributed by atoms with Gasteiger partial charge in [-0.2, -0.15) is 5.10 Å². The lowest BCUT2D eigenvalue weighted by Gasteiger charge is -2.11. The highest BCUT2D eigenvalue weighted by molar-refractivity contribution is 6.31. The van der Waals surface area contributed by atoms with E-state index in [2.05, 4.69) is 15.4 Å². The molecule has 0 atom stereocenters. The molecule has 0 aliphatic carbocycles. The minimum Gasteiger partial charge on any atom is -0.316 e. The molecular weight excluding hydrogens is 248 g/mol. The highest BCUT2D eigenvalue weighted by Crippen LogP contribution is 2.24. The molecule has 0 unspecified atom stereocenters. The van der Waals surface area contributed by atoms with E-state index in [9.17, 15) is 0 Å². The summed E-state index contributed by atoms with van der Waals surface area (Å²) in [6, 6.07) is 2.03. The molecule has 4 nitrogen and oxygen atoms in total. The molecule has 2 rings (SSSR count). The molecule has 2 aromatic rings. The lowest BCUT2D eigenvalue weighted by molar-refractivity contribution is 0.768. The minimum absolute atomic E-state index is 0.722. The van der Waals surface area contributed by atoms with Crippen LogP contribution in [0.3, 0.4) is 0 Å². The fourth-order valence-electron chi connectivity index (χ4n) is 1.96. The van der Waals surface area contributed by atoms with Gasteiger partial charge in [0.2, 0.25) is 0 Å². The van der Waals surface area contributed by atoms with Crippen LogP contribution in [0, 0.1) is 20.8 Å². The Morgan fingerprint density at radius 1 is 1.33 bits per heavy atom. The summed E-state index contributed by atoms with van der Waals surface area (Å²) in [5.41, 5.74) is 4.90. The van der Waals surface area contributed by atoms with E-state index in [1.54, 1.807) is 0 Å². The second kappa shape index (κ2) is 5.08. The Bertz CT molecular complexity index is 575. The SMILES string of the molecule is CNCc1cnc(C)cc1-n1nc(C)c(Cl)c1C. The van der Waals surface area contributed by atoms with Crippen molar-refractivity contribution in [2.45, 2.75) is 27.3 Å². The predicted octanol–water partition coefficient (Wildman–Crippen LogP) is 2.57. The van der Waals surface area contributed by atoms with Crippen LogP contribution in [-0.2, 0) is 6.54 Å². The van der Waals surface area contributed by atoms with E-state index in [4.69, 9.17) is 11.6 Å². The van der Waals surface area contributed by atoms with Crippen molar-refractivity contribution < 1.29 is 0 Å². The largest absolute Gasteiger partial charge is 0.316 e. The van der Waals surface area contributed by atoms with Crippen molar-refractivity contribution in [3.8, 4) is 5.69 Å². The third-order valence-electron chi connectivity index (χ3n) is 2.90. The van der Waals surface area contributed by atoms with Gasteiger partial charge in [-0.25, -0.2) is 4.68 Å². The van der Waals surface area contributed by atoms with E-state index in [-0.39, 0.29) is 0 Å². The summed E-state index contributed by atoms with van der Waals surface area (Å²) in [6.07, 6.45) is 1.88. The maximum Gasteiger partial charge on any atom is 0.0848 e. The van der Waals surface area contributed by atoms with E-state index in [0.29, 0.717) is 0 Å². The number of pyridine rings is 1. The smallest absolute Gasteiger partial charge is 0.0848 e. The molecule has 2 aromatic heterocycles. The molecule has 0 saturated carbocycles. The van der Waals surface area contributed by atoms with Gasteiger partial charge in [0, 0.05) is 24.0 Å². The van der Waals surface area contributed by atoms with E-state index in [1.807, 2.05) is 44.8 Å². The van der Waals surface area contributed by atoms with Gasteiger partial charge in [0.15, 0.2) is 0 Å². The average molecular weight is 265 g/mol. The Balaban J connectivity index is 2.61. The number of rotatable bonds is 3. The molecule has 2 heterocycles. The van der Waals surface area contributed by atoms with Crippen molar-refractivity contribution in [2.24, 2.45) is 0 Å². The summed E-state index contributed by atoms with van der Waals surface area (Å²) in [5, 5.41) is 8.36. The highest BCUT2D eigenvalue weighted by atomic mass is 35.5. The Morgan fingerprint density at radius 3 is 2.61 bits per heavy atom. The summed E-state index contributed by atoms with van der Waals surface area (Å²) in [6.45, 7) is 6.61. The van der Waals surface area contributed by atoms with Gasteiger partial charge in [-0.1, -0.05) is 11.6 Å². The quantitative estimate of drug-likeness (QED) is 0.927. The summed E-state index contributed by atoms with van der Waals surface area (Å²) >= 11 is 6.20. The van der Waals surface area contributed by atoms with Crippen molar-refractivity contribution in [1.29, 1.82) is 0 Å². The van der Waals surface area contributed by atoms with Crippen LogP contribution in [0.2, 0.25) is 5.02 Å². The third kappa shape index (κ3) is 2.26. The van der Waals surface area contributed by atoms with Gasteiger partial charge >= 0.3 is 0 Å². The molecule has 0 bridgehead atoms. The first-order chi connectivity index (χ1) is 8.54. The van der Waals surface area contributed by atoms with Crippen molar-refractivity contribution in [2.75, 3.05) is 7.05 Å². The fourth-order valence-corrected chi connectivity index (χ4v) is 2.07. The van der Waals surface area contributed by atoms with Crippen LogP contribution in [0.1, 0.15) is 22.6 Å². The number of nitrogens with zero attached hydrogens (tertiary/aromatic N) is 3. The number of aryl methyl sites for hydroxylation is 2. The van der Waals surface area contributed by atoms with Crippen molar-refractivity contribution in [1.82, 2.24) is 20.1 Å². The van der Waals surface area contributed by atoms with Crippen LogP contribution in [-0.4, -0.2) is 21.8 Å². The lowest BCUT2D eigenvalue weighted by Crippen LogP contribution is -2.11. The number of hydrogen-bond donors (Lipinski definition) is 1. The summed E-state index contributed by atoms with van der Waals surface area (Å²) in [4.78, 5) is 4.33. The molecule has 0 amide bonds. The monoisotopic (exact) mass is 264 g/mol. The second-order valence-electron chi connectivity index (χ2n) is 4.38. The first-order valence-electron chi connectivity index (χ1n) is 5.86. The fraction of sp³-hybridized carbons (Fsp3) is 0.385. The van der Waals surface area contributed by atoms with Gasteiger partial charge in [-0.3, -0.25) is 4.98 Å². The summed E-state index contributed by atoms with van der Waals surface area (Å²) < 4.78 is 1.89. The lowest BCUT2D eigenvalue weighted by atomic mass is 10.2. The molecule has 0 aliphatic rings. The van der Waals surface area contributed by atoms with Crippen LogP contribution < -0.4 is 5.32 Å². The summed E-state index contributed by atoms with van der Waals surface area (Å²) in [5.74, 6) is 0. The standard InChI is InChI=1S/C13H17ClN4/c1-8-5-12(11(6-15-4)7-16-8)18-10(3)13(14)9(2)17-18/h5,7,15H,6H2,1-4H3. The van der Waals surface area contributed by atoms with Gasteiger partial charge in [-0.05, 0) is 33.9 Å². The average Bonchev–Trinajstić information content (AvgIpc) is 2.60. The van der Waals surface area contributed by atoms with E-state index in [0.717, 1.165) is 39.9 Å². The first-order valence-corrected chi connectivity index (χ1v) is 6.24. The van der Waals surface area contributed by atoms with Crippen molar-refractivity contribution >= 4 is 11.6 Å². The Morgan fingerprint density at radius 2 is 2.06 bits per heavy atom.